The van der Waals surface area contributed by atoms with Crippen LogP contribution in [0.25, 0.3) is 0 Å². The highest BCUT2D eigenvalue weighted by molar-refractivity contribution is 7.89. The number of hydrogen-bond donors (Lipinski definition) is 2. The third-order valence-electron chi connectivity index (χ3n) is 2.55. The van der Waals surface area contributed by atoms with Crippen molar-refractivity contribution in [3.63, 3.8) is 0 Å². The van der Waals surface area contributed by atoms with Crippen molar-refractivity contribution in [2.45, 2.75) is 24.8 Å². The smallest absolute Gasteiger partial charge is 0.242 e. The highest BCUT2D eigenvalue weighted by Gasteiger charge is 2.18. The Hall–Kier alpha value is -1.10. The summed E-state index contributed by atoms with van der Waals surface area (Å²) in [6, 6.07) is 4.37. The van der Waals surface area contributed by atoms with E-state index < -0.39 is 10.0 Å². The van der Waals surface area contributed by atoms with E-state index in [0.29, 0.717) is 12.2 Å². The van der Waals surface area contributed by atoms with Crippen LogP contribution in [0.1, 0.15) is 19.4 Å². The van der Waals surface area contributed by atoms with E-state index >= 15 is 0 Å². The summed E-state index contributed by atoms with van der Waals surface area (Å²) in [5.41, 5.74) is 0.538. The summed E-state index contributed by atoms with van der Waals surface area (Å²) in [5.74, 6) is 5.13. The van der Waals surface area contributed by atoms with Crippen LogP contribution in [0.3, 0.4) is 0 Å². The first kappa shape index (κ1) is 18.0. The van der Waals surface area contributed by atoms with Crippen molar-refractivity contribution in [1.82, 2.24) is 4.72 Å². The molecule has 1 atom stereocenters. The van der Waals surface area contributed by atoms with Crippen molar-refractivity contribution >= 4 is 21.6 Å². The van der Waals surface area contributed by atoms with Gasteiger partial charge in [0.2, 0.25) is 10.0 Å². The maximum atomic E-state index is 12.2. The largest absolute Gasteiger partial charge is 0.384 e. The van der Waals surface area contributed by atoms with E-state index in [-0.39, 0.29) is 29.2 Å². The molecule has 0 heterocycles. The Morgan fingerprint density at radius 3 is 2.76 bits per heavy atom. The Kier molecular flexibility index (Phi) is 7.15. The molecule has 7 heteroatoms. The molecule has 0 radical (unpaired) electrons. The number of ether oxygens (including phenoxy) is 1. The van der Waals surface area contributed by atoms with Gasteiger partial charge in [-0.15, -0.1) is 0 Å². The predicted octanol–water partition coefficient (Wildman–Crippen LogP) is 1.39. The summed E-state index contributed by atoms with van der Waals surface area (Å²) in [4.78, 5) is -0.0117. The van der Waals surface area contributed by atoms with Gasteiger partial charge in [-0.25, -0.2) is 13.1 Å². The highest BCUT2D eigenvalue weighted by Crippen LogP contribution is 2.22. The van der Waals surface area contributed by atoms with Crippen LogP contribution >= 0.6 is 11.6 Å². The molecule has 1 rings (SSSR count). The Bertz CT molecular complexity index is 634. The van der Waals surface area contributed by atoms with Gasteiger partial charge in [0.05, 0.1) is 11.1 Å². The molecule has 0 bridgehead atoms. The summed E-state index contributed by atoms with van der Waals surface area (Å²) in [5, 5.41) is 8.70. The molecule has 0 saturated carbocycles. The van der Waals surface area contributed by atoms with Gasteiger partial charge in [-0.1, -0.05) is 23.4 Å². The SMILES string of the molecule is CCOC(C)CNS(=O)(=O)c1ccc(C#CCO)cc1Cl. The lowest BCUT2D eigenvalue weighted by Gasteiger charge is -2.13. The van der Waals surface area contributed by atoms with Crippen LogP contribution in [0.5, 0.6) is 0 Å². The second-order valence-corrected chi connectivity index (χ2v) is 6.37. The molecule has 0 aliphatic heterocycles. The second kappa shape index (κ2) is 8.37. The fraction of sp³-hybridized carbons (Fsp3) is 0.429. The van der Waals surface area contributed by atoms with Crippen molar-refractivity contribution in [3.05, 3.63) is 28.8 Å². The first-order chi connectivity index (χ1) is 9.90. The number of nitrogens with one attached hydrogen (secondary N) is 1. The Labute approximate surface area is 130 Å². The molecular formula is C14H18ClNO4S. The average Bonchev–Trinajstić information content (AvgIpc) is 2.43. The lowest BCUT2D eigenvalue weighted by Crippen LogP contribution is -2.32. The first-order valence-corrected chi connectivity index (χ1v) is 8.27. The summed E-state index contributed by atoms with van der Waals surface area (Å²) in [7, 11) is -3.70. The lowest BCUT2D eigenvalue weighted by molar-refractivity contribution is 0.0799. The minimum atomic E-state index is -3.70. The zero-order valence-corrected chi connectivity index (χ0v) is 13.5. The van der Waals surface area contributed by atoms with Gasteiger partial charge in [0.1, 0.15) is 11.5 Å². The van der Waals surface area contributed by atoms with Crippen molar-refractivity contribution in [2.24, 2.45) is 0 Å². The molecule has 0 aliphatic carbocycles. The Morgan fingerprint density at radius 1 is 1.48 bits per heavy atom. The number of hydrogen-bond acceptors (Lipinski definition) is 4. The van der Waals surface area contributed by atoms with E-state index in [9.17, 15) is 8.42 Å². The number of aliphatic hydroxyl groups is 1. The number of sulfonamides is 1. The number of halogens is 1. The van der Waals surface area contributed by atoms with Crippen molar-refractivity contribution in [2.75, 3.05) is 19.8 Å². The van der Waals surface area contributed by atoms with Crippen LogP contribution in [0.15, 0.2) is 23.1 Å². The summed E-state index contributed by atoms with van der Waals surface area (Å²) < 4.78 is 32.0. The molecule has 0 amide bonds. The third-order valence-corrected chi connectivity index (χ3v) is 4.45. The van der Waals surface area contributed by atoms with Gasteiger partial charge in [0.15, 0.2) is 0 Å². The van der Waals surface area contributed by atoms with Crippen LogP contribution in [0.2, 0.25) is 5.02 Å². The molecular weight excluding hydrogens is 314 g/mol. The normalized spacial score (nSPS) is 12.6. The molecule has 0 aromatic heterocycles. The molecule has 1 unspecified atom stereocenters. The molecule has 116 valence electrons. The second-order valence-electron chi connectivity index (χ2n) is 4.22. The monoisotopic (exact) mass is 331 g/mol. The summed E-state index contributed by atoms with van der Waals surface area (Å²) in [6.07, 6.45) is -0.224. The molecule has 2 N–H and O–H groups in total. The summed E-state index contributed by atoms with van der Waals surface area (Å²) in [6.45, 7) is 4.03. The molecule has 0 aliphatic rings. The van der Waals surface area contributed by atoms with E-state index in [1.165, 1.54) is 18.2 Å². The van der Waals surface area contributed by atoms with Crippen LogP contribution in [0, 0.1) is 11.8 Å². The van der Waals surface area contributed by atoms with E-state index in [1.807, 2.05) is 6.92 Å². The molecule has 0 saturated heterocycles. The maximum Gasteiger partial charge on any atom is 0.242 e. The minimum absolute atomic E-state index is 0.0117. The van der Waals surface area contributed by atoms with Crippen LogP contribution in [-0.2, 0) is 14.8 Å². The van der Waals surface area contributed by atoms with Crippen LogP contribution in [-0.4, -0.2) is 39.4 Å². The fourth-order valence-electron chi connectivity index (χ4n) is 1.59. The number of aliphatic hydroxyl groups excluding tert-OH is 1. The van der Waals surface area contributed by atoms with E-state index in [0.717, 1.165) is 0 Å². The number of benzene rings is 1. The van der Waals surface area contributed by atoms with Gasteiger partial charge >= 0.3 is 0 Å². The zero-order chi connectivity index (χ0) is 15.9. The molecule has 1 aromatic rings. The molecule has 0 spiro atoms. The van der Waals surface area contributed by atoms with Crippen LogP contribution in [0.4, 0.5) is 0 Å². The lowest BCUT2D eigenvalue weighted by atomic mass is 10.2. The molecule has 21 heavy (non-hydrogen) atoms. The molecule has 0 fully saturated rings. The van der Waals surface area contributed by atoms with E-state index in [4.69, 9.17) is 21.4 Å². The van der Waals surface area contributed by atoms with Crippen molar-refractivity contribution in [3.8, 4) is 11.8 Å². The average molecular weight is 332 g/mol. The highest BCUT2D eigenvalue weighted by atomic mass is 35.5. The van der Waals surface area contributed by atoms with Crippen molar-refractivity contribution in [1.29, 1.82) is 0 Å². The molecule has 1 aromatic carbocycles. The zero-order valence-electron chi connectivity index (χ0n) is 11.9. The van der Waals surface area contributed by atoms with Crippen molar-refractivity contribution < 1.29 is 18.3 Å². The van der Waals surface area contributed by atoms with Gasteiger partial charge in [-0.3, -0.25) is 0 Å². The minimum Gasteiger partial charge on any atom is -0.384 e. The topological polar surface area (TPSA) is 75.6 Å². The van der Waals surface area contributed by atoms with Crippen LogP contribution < -0.4 is 4.72 Å². The van der Waals surface area contributed by atoms with Gasteiger partial charge in [-0.05, 0) is 32.0 Å². The standard InChI is InChI=1S/C14H18ClNO4S/c1-3-20-11(2)10-16-21(18,19)14-7-6-12(5-4-8-17)9-13(14)15/h6-7,9,11,16-17H,3,8,10H2,1-2H3. The number of rotatable bonds is 6. The van der Waals surface area contributed by atoms with E-state index in [2.05, 4.69) is 16.6 Å². The van der Waals surface area contributed by atoms with Gasteiger partial charge in [-0.2, -0.15) is 0 Å². The Balaban J connectivity index is 2.88. The predicted molar refractivity (Wildman–Crippen MR) is 81.7 cm³/mol. The fourth-order valence-corrected chi connectivity index (χ4v) is 3.24. The van der Waals surface area contributed by atoms with Gasteiger partial charge < -0.3 is 9.84 Å². The van der Waals surface area contributed by atoms with E-state index in [1.54, 1.807) is 6.92 Å². The van der Waals surface area contributed by atoms with Gasteiger partial charge in [0.25, 0.3) is 0 Å². The summed E-state index contributed by atoms with van der Waals surface area (Å²) >= 11 is 5.99. The molecule has 5 nitrogen and oxygen atoms in total. The third kappa shape index (κ3) is 5.65. The quantitative estimate of drug-likeness (QED) is 0.772. The van der Waals surface area contributed by atoms with Gasteiger partial charge in [0, 0.05) is 18.7 Å². The maximum absolute atomic E-state index is 12.2. The first-order valence-electron chi connectivity index (χ1n) is 6.41. The Morgan fingerprint density at radius 2 is 2.19 bits per heavy atom.